The number of aliphatic imine (C=N–C) groups is 1. The van der Waals surface area contributed by atoms with Gasteiger partial charge < -0.3 is 15.1 Å². The van der Waals surface area contributed by atoms with Gasteiger partial charge in [0.15, 0.2) is 5.96 Å². The molecule has 0 aromatic heterocycles. The highest BCUT2D eigenvalue weighted by Crippen LogP contribution is 2.20. The van der Waals surface area contributed by atoms with Gasteiger partial charge in [0.05, 0.1) is 0 Å². The van der Waals surface area contributed by atoms with E-state index in [1.54, 1.807) is 7.05 Å². The van der Waals surface area contributed by atoms with E-state index in [1.807, 2.05) is 37.4 Å². The molecule has 2 aromatic rings. The van der Waals surface area contributed by atoms with E-state index in [-0.39, 0.29) is 24.0 Å². The average molecular weight is 555 g/mol. The summed E-state index contributed by atoms with van der Waals surface area (Å²) in [5.74, 6) is 2.03. The molecule has 1 aliphatic rings. The Morgan fingerprint density at radius 2 is 1.71 bits per heavy atom. The van der Waals surface area contributed by atoms with E-state index in [9.17, 15) is 4.21 Å². The Hall–Kier alpha value is -1.61. The Morgan fingerprint density at radius 3 is 2.35 bits per heavy atom. The quantitative estimate of drug-likeness (QED) is 0.301. The summed E-state index contributed by atoms with van der Waals surface area (Å²) in [5, 5.41) is 3.34. The first kappa shape index (κ1) is 25.6. The van der Waals surface area contributed by atoms with Gasteiger partial charge in [-0.3, -0.25) is 9.20 Å². The van der Waals surface area contributed by atoms with Crippen molar-refractivity contribution in [1.82, 2.24) is 10.2 Å². The maximum atomic E-state index is 12.3. The molecule has 0 spiro atoms. The second kappa shape index (κ2) is 13.7. The van der Waals surface area contributed by atoms with Gasteiger partial charge in [0, 0.05) is 68.3 Å². The molecule has 0 radical (unpaired) electrons. The zero-order valence-corrected chi connectivity index (χ0v) is 21.8. The third-order valence-electron chi connectivity index (χ3n) is 5.43. The third-order valence-corrected chi connectivity index (χ3v) is 6.75. The maximum absolute atomic E-state index is 12.3. The smallest absolute Gasteiger partial charge is 0.193 e. The standard InChI is InChI=1S/C24H34N4OS.HI/c1-25-24(26-15-18-30(29)20-22-9-5-3-6-10-22)27(2)19-21-11-13-23(14-12-21)28-16-7-4-8-17-28;/h3,5-6,9-14H,4,7-8,15-20H2,1-2H3,(H,25,26);1H. The first-order chi connectivity index (χ1) is 14.7. The van der Waals surface area contributed by atoms with Crippen LogP contribution in [0.2, 0.25) is 0 Å². The van der Waals surface area contributed by atoms with E-state index in [0.717, 1.165) is 18.1 Å². The number of hydrogen-bond donors (Lipinski definition) is 1. The predicted molar refractivity (Wildman–Crippen MR) is 144 cm³/mol. The number of hydrogen-bond acceptors (Lipinski definition) is 3. The molecule has 0 bridgehead atoms. The van der Waals surface area contributed by atoms with Crippen molar-refractivity contribution in [3.05, 3.63) is 65.7 Å². The summed E-state index contributed by atoms with van der Waals surface area (Å²) >= 11 is 0. The van der Waals surface area contributed by atoms with Crippen molar-refractivity contribution >= 4 is 46.4 Å². The van der Waals surface area contributed by atoms with Gasteiger partial charge in [0.2, 0.25) is 0 Å². The molecular formula is C24H35IN4OS. The number of piperidine rings is 1. The molecule has 0 saturated carbocycles. The van der Waals surface area contributed by atoms with Crippen LogP contribution in [0.15, 0.2) is 59.6 Å². The molecule has 170 valence electrons. The Kier molecular flexibility index (Phi) is 11.4. The summed E-state index contributed by atoms with van der Waals surface area (Å²) in [6, 6.07) is 18.9. The van der Waals surface area contributed by atoms with Crippen molar-refractivity contribution in [2.24, 2.45) is 4.99 Å². The second-order valence-electron chi connectivity index (χ2n) is 7.82. The molecule has 2 aromatic carbocycles. The minimum absolute atomic E-state index is 0. The van der Waals surface area contributed by atoms with Crippen LogP contribution < -0.4 is 10.2 Å². The highest BCUT2D eigenvalue weighted by molar-refractivity contribution is 14.0. The van der Waals surface area contributed by atoms with Crippen molar-refractivity contribution < 1.29 is 4.21 Å². The fourth-order valence-corrected chi connectivity index (χ4v) is 4.85. The number of nitrogens with one attached hydrogen (secondary N) is 1. The Balaban J connectivity index is 0.00000341. The Bertz CT molecular complexity index is 823. The lowest BCUT2D eigenvalue weighted by Gasteiger charge is -2.29. The number of halogens is 1. The number of guanidine groups is 1. The van der Waals surface area contributed by atoms with Crippen molar-refractivity contribution in [2.45, 2.75) is 31.6 Å². The molecule has 1 heterocycles. The zero-order chi connectivity index (χ0) is 21.2. The minimum atomic E-state index is -0.887. The molecule has 1 fully saturated rings. The second-order valence-corrected chi connectivity index (χ2v) is 9.39. The number of anilines is 1. The van der Waals surface area contributed by atoms with Gasteiger partial charge in [-0.2, -0.15) is 0 Å². The molecule has 1 aliphatic heterocycles. The Labute approximate surface area is 206 Å². The van der Waals surface area contributed by atoms with E-state index < -0.39 is 10.8 Å². The van der Waals surface area contributed by atoms with Gasteiger partial charge in [0.1, 0.15) is 0 Å². The molecule has 5 nitrogen and oxygen atoms in total. The number of benzene rings is 2. The summed E-state index contributed by atoms with van der Waals surface area (Å²) in [7, 11) is 2.94. The van der Waals surface area contributed by atoms with Gasteiger partial charge in [-0.05, 0) is 42.5 Å². The van der Waals surface area contributed by atoms with Crippen LogP contribution in [-0.4, -0.2) is 54.6 Å². The van der Waals surface area contributed by atoms with Crippen molar-refractivity contribution in [3.63, 3.8) is 0 Å². The first-order valence-electron chi connectivity index (χ1n) is 10.8. The van der Waals surface area contributed by atoms with E-state index >= 15 is 0 Å². The van der Waals surface area contributed by atoms with Crippen LogP contribution in [0.25, 0.3) is 0 Å². The van der Waals surface area contributed by atoms with Gasteiger partial charge in [0.25, 0.3) is 0 Å². The van der Waals surface area contributed by atoms with Crippen LogP contribution in [0, 0.1) is 0 Å². The molecule has 7 heteroatoms. The maximum Gasteiger partial charge on any atom is 0.193 e. The van der Waals surface area contributed by atoms with E-state index in [1.165, 1.54) is 43.6 Å². The van der Waals surface area contributed by atoms with Gasteiger partial charge >= 0.3 is 0 Å². The summed E-state index contributed by atoms with van der Waals surface area (Å²) in [5.41, 5.74) is 3.70. The van der Waals surface area contributed by atoms with E-state index in [4.69, 9.17) is 0 Å². The average Bonchev–Trinajstić information content (AvgIpc) is 2.78. The lowest BCUT2D eigenvalue weighted by Crippen LogP contribution is -2.40. The highest BCUT2D eigenvalue weighted by Gasteiger charge is 2.12. The fourth-order valence-electron chi connectivity index (χ4n) is 3.81. The summed E-state index contributed by atoms with van der Waals surface area (Å²) in [6.45, 7) is 3.76. The molecule has 0 aliphatic carbocycles. The zero-order valence-electron chi connectivity index (χ0n) is 18.6. The fraction of sp³-hybridized carbons (Fsp3) is 0.458. The van der Waals surface area contributed by atoms with E-state index in [0.29, 0.717) is 18.1 Å². The highest BCUT2D eigenvalue weighted by atomic mass is 127. The largest absolute Gasteiger partial charge is 0.372 e. The van der Waals surface area contributed by atoms with Crippen molar-refractivity contribution in [1.29, 1.82) is 0 Å². The van der Waals surface area contributed by atoms with E-state index in [2.05, 4.69) is 44.4 Å². The lowest BCUT2D eigenvalue weighted by atomic mass is 10.1. The van der Waals surface area contributed by atoms with Crippen LogP contribution in [0.4, 0.5) is 5.69 Å². The molecule has 31 heavy (non-hydrogen) atoms. The van der Waals surface area contributed by atoms with Crippen LogP contribution in [0.1, 0.15) is 30.4 Å². The molecule has 0 amide bonds. The van der Waals surface area contributed by atoms with Gasteiger partial charge in [-0.1, -0.05) is 42.5 Å². The normalized spacial score (nSPS) is 15.2. The first-order valence-corrected chi connectivity index (χ1v) is 12.3. The molecular weight excluding hydrogens is 519 g/mol. The molecule has 3 rings (SSSR count). The van der Waals surface area contributed by atoms with Crippen molar-refractivity contribution in [2.75, 3.05) is 44.4 Å². The molecule has 1 unspecified atom stereocenters. The molecule has 1 saturated heterocycles. The monoisotopic (exact) mass is 554 g/mol. The third kappa shape index (κ3) is 8.44. The van der Waals surface area contributed by atoms with Crippen molar-refractivity contribution in [3.8, 4) is 0 Å². The molecule has 1 atom stereocenters. The van der Waals surface area contributed by atoms with Crippen LogP contribution >= 0.6 is 24.0 Å². The SMILES string of the molecule is CN=C(NCCS(=O)Cc1ccccc1)N(C)Cc1ccc(N2CCCCC2)cc1.I. The summed E-state index contributed by atoms with van der Waals surface area (Å²) in [4.78, 5) is 8.97. The Morgan fingerprint density at radius 1 is 1.03 bits per heavy atom. The minimum Gasteiger partial charge on any atom is -0.372 e. The molecule has 1 N–H and O–H groups in total. The predicted octanol–water partition coefficient (Wildman–Crippen LogP) is 4.25. The number of nitrogens with zero attached hydrogens (tertiary/aromatic N) is 3. The van der Waals surface area contributed by atoms with Crippen LogP contribution in [-0.2, 0) is 23.1 Å². The lowest BCUT2D eigenvalue weighted by molar-refractivity contribution is 0.479. The van der Waals surface area contributed by atoms with Crippen LogP contribution in [0.5, 0.6) is 0 Å². The summed E-state index contributed by atoms with van der Waals surface area (Å²) < 4.78 is 12.3. The van der Waals surface area contributed by atoms with Gasteiger partial charge in [-0.15, -0.1) is 24.0 Å². The summed E-state index contributed by atoms with van der Waals surface area (Å²) in [6.07, 6.45) is 3.94. The topological polar surface area (TPSA) is 47.9 Å². The van der Waals surface area contributed by atoms with Gasteiger partial charge in [-0.25, -0.2) is 0 Å². The number of rotatable bonds is 8. The van der Waals surface area contributed by atoms with Crippen LogP contribution in [0.3, 0.4) is 0 Å².